The number of thiophene rings is 1. The van der Waals surface area contributed by atoms with E-state index < -0.39 is 0 Å². The van der Waals surface area contributed by atoms with E-state index in [9.17, 15) is 0 Å². The van der Waals surface area contributed by atoms with Gasteiger partial charge in [0.05, 0.1) is 0 Å². The highest BCUT2D eigenvalue weighted by molar-refractivity contribution is 7.07. The van der Waals surface area contributed by atoms with Crippen molar-refractivity contribution in [2.45, 2.75) is 51.5 Å². The maximum atomic E-state index is 3.73. The fourth-order valence-electron chi connectivity index (χ4n) is 2.73. The SMILES string of the molecule is CCC(CNC(C)(C)C)(Cc1ccsc1)c1ccccc1. The Bertz CT molecular complexity index is 524. The van der Waals surface area contributed by atoms with Crippen LogP contribution in [0, 0.1) is 0 Å². The second-order valence-electron chi connectivity index (χ2n) is 6.91. The second-order valence-corrected chi connectivity index (χ2v) is 7.69. The Morgan fingerprint density at radius 1 is 1.05 bits per heavy atom. The van der Waals surface area contributed by atoms with E-state index in [2.05, 4.69) is 80.2 Å². The van der Waals surface area contributed by atoms with E-state index in [0.717, 1.165) is 19.4 Å². The second kappa shape index (κ2) is 6.76. The van der Waals surface area contributed by atoms with Crippen molar-refractivity contribution in [1.82, 2.24) is 5.32 Å². The molecule has 0 saturated heterocycles. The summed E-state index contributed by atoms with van der Waals surface area (Å²) in [7, 11) is 0. The molecule has 2 heteroatoms. The zero-order chi connectivity index (χ0) is 15.3. The van der Waals surface area contributed by atoms with Gasteiger partial charge in [-0.25, -0.2) is 0 Å². The lowest BCUT2D eigenvalue weighted by Gasteiger charge is -2.37. The topological polar surface area (TPSA) is 12.0 Å². The smallest absolute Gasteiger partial charge is 0.0116 e. The summed E-state index contributed by atoms with van der Waals surface area (Å²) in [6, 6.07) is 13.2. The summed E-state index contributed by atoms with van der Waals surface area (Å²) in [5, 5.41) is 8.19. The summed E-state index contributed by atoms with van der Waals surface area (Å²) < 4.78 is 0. The fraction of sp³-hybridized carbons (Fsp3) is 0.474. The Hall–Kier alpha value is -1.12. The predicted molar refractivity (Wildman–Crippen MR) is 94.2 cm³/mol. The lowest BCUT2D eigenvalue weighted by molar-refractivity contribution is 0.318. The molecule has 0 spiro atoms. The van der Waals surface area contributed by atoms with Crippen molar-refractivity contribution in [2.24, 2.45) is 0 Å². The lowest BCUT2D eigenvalue weighted by Crippen LogP contribution is -2.47. The van der Waals surface area contributed by atoms with Gasteiger partial charge in [-0.1, -0.05) is 37.3 Å². The number of hydrogen-bond acceptors (Lipinski definition) is 2. The third-order valence-corrected chi connectivity index (χ3v) is 4.87. The molecule has 0 saturated carbocycles. The molecule has 0 bridgehead atoms. The van der Waals surface area contributed by atoms with Crippen LogP contribution >= 0.6 is 11.3 Å². The van der Waals surface area contributed by atoms with Crippen LogP contribution < -0.4 is 5.32 Å². The largest absolute Gasteiger partial charge is 0.311 e. The molecular weight excluding hydrogens is 274 g/mol. The van der Waals surface area contributed by atoms with E-state index in [1.807, 2.05) is 0 Å². The first kappa shape index (κ1) is 16.3. The van der Waals surface area contributed by atoms with E-state index in [1.54, 1.807) is 11.3 Å². The minimum atomic E-state index is 0.143. The monoisotopic (exact) mass is 301 g/mol. The molecule has 114 valence electrons. The van der Waals surface area contributed by atoms with Crippen molar-refractivity contribution in [2.75, 3.05) is 6.54 Å². The van der Waals surface area contributed by atoms with Gasteiger partial charge in [0, 0.05) is 17.5 Å². The van der Waals surface area contributed by atoms with Gasteiger partial charge < -0.3 is 5.32 Å². The van der Waals surface area contributed by atoms with E-state index in [1.165, 1.54) is 11.1 Å². The number of benzene rings is 1. The first-order chi connectivity index (χ1) is 9.95. The molecule has 1 heterocycles. The van der Waals surface area contributed by atoms with Crippen molar-refractivity contribution in [3.63, 3.8) is 0 Å². The minimum Gasteiger partial charge on any atom is -0.311 e. The molecule has 0 radical (unpaired) electrons. The van der Waals surface area contributed by atoms with Gasteiger partial charge in [0.2, 0.25) is 0 Å². The normalized spacial score (nSPS) is 14.9. The van der Waals surface area contributed by atoms with Gasteiger partial charge in [0.1, 0.15) is 0 Å². The van der Waals surface area contributed by atoms with Crippen LogP contribution in [0.15, 0.2) is 47.2 Å². The molecule has 1 atom stereocenters. The van der Waals surface area contributed by atoms with Crippen molar-refractivity contribution in [3.8, 4) is 0 Å². The standard InChI is InChI=1S/C19H27NS/c1-5-19(15-20-18(2,3)4,13-16-11-12-21-14-16)17-9-7-6-8-10-17/h6-12,14,20H,5,13,15H2,1-4H3. The highest BCUT2D eigenvalue weighted by Gasteiger charge is 2.31. The maximum Gasteiger partial charge on any atom is 0.0116 e. The van der Waals surface area contributed by atoms with Gasteiger partial charge in [0.25, 0.3) is 0 Å². The maximum absolute atomic E-state index is 3.73. The Balaban J connectivity index is 2.31. The van der Waals surface area contributed by atoms with Crippen LogP contribution in [0.1, 0.15) is 45.2 Å². The quantitative estimate of drug-likeness (QED) is 0.789. The molecule has 0 amide bonds. The van der Waals surface area contributed by atoms with Gasteiger partial charge in [-0.15, -0.1) is 0 Å². The van der Waals surface area contributed by atoms with Gasteiger partial charge in [0.15, 0.2) is 0 Å². The van der Waals surface area contributed by atoms with Crippen molar-refractivity contribution < 1.29 is 0 Å². The molecular formula is C19H27NS. The molecule has 2 aromatic rings. The van der Waals surface area contributed by atoms with E-state index in [0.29, 0.717) is 0 Å². The third-order valence-electron chi connectivity index (χ3n) is 4.14. The van der Waals surface area contributed by atoms with Crippen LogP contribution in [-0.2, 0) is 11.8 Å². The highest BCUT2D eigenvalue weighted by atomic mass is 32.1. The molecule has 2 rings (SSSR count). The first-order valence-electron chi connectivity index (χ1n) is 7.77. The summed E-state index contributed by atoms with van der Waals surface area (Å²) >= 11 is 1.79. The molecule has 1 unspecified atom stereocenters. The molecule has 1 nitrogen and oxygen atoms in total. The number of rotatable bonds is 6. The van der Waals surface area contributed by atoms with Crippen molar-refractivity contribution >= 4 is 11.3 Å². The van der Waals surface area contributed by atoms with E-state index >= 15 is 0 Å². The average molecular weight is 301 g/mol. The van der Waals surface area contributed by atoms with Crippen molar-refractivity contribution in [1.29, 1.82) is 0 Å². The van der Waals surface area contributed by atoms with Gasteiger partial charge in [-0.3, -0.25) is 0 Å². The summed E-state index contributed by atoms with van der Waals surface area (Å²) in [6.07, 6.45) is 2.23. The molecule has 0 fully saturated rings. The number of hydrogen-bond donors (Lipinski definition) is 1. The molecule has 0 aliphatic carbocycles. The average Bonchev–Trinajstić information content (AvgIpc) is 2.96. The van der Waals surface area contributed by atoms with Gasteiger partial charge >= 0.3 is 0 Å². The van der Waals surface area contributed by atoms with Crippen LogP contribution in [0.2, 0.25) is 0 Å². The van der Waals surface area contributed by atoms with E-state index in [4.69, 9.17) is 0 Å². The van der Waals surface area contributed by atoms with Crippen LogP contribution in [-0.4, -0.2) is 12.1 Å². The number of nitrogens with one attached hydrogen (secondary N) is 1. The van der Waals surface area contributed by atoms with Crippen LogP contribution in [0.5, 0.6) is 0 Å². The summed E-state index contributed by atoms with van der Waals surface area (Å²) in [5.74, 6) is 0. The minimum absolute atomic E-state index is 0.143. The van der Waals surface area contributed by atoms with Crippen LogP contribution in [0.25, 0.3) is 0 Å². The van der Waals surface area contributed by atoms with Crippen molar-refractivity contribution in [3.05, 3.63) is 58.3 Å². The molecule has 0 aliphatic rings. The zero-order valence-electron chi connectivity index (χ0n) is 13.6. The zero-order valence-corrected chi connectivity index (χ0v) is 14.5. The first-order valence-corrected chi connectivity index (χ1v) is 8.71. The van der Waals surface area contributed by atoms with Crippen LogP contribution in [0.4, 0.5) is 0 Å². The Morgan fingerprint density at radius 3 is 2.29 bits per heavy atom. The summed E-state index contributed by atoms with van der Waals surface area (Å²) in [4.78, 5) is 0. The fourth-order valence-corrected chi connectivity index (χ4v) is 3.40. The van der Waals surface area contributed by atoms with Crippen LogP contribution in [0.3, 0.4) is 0 Å². The van der Waals surface area contributed by atoms with E-state index in [-0.39, 0.29) is 11.0 Å². The third kappa shape index (κ3) is 4.42. The van der Waals surface area contributed by atoms with Gasteiger partial charge in [-0.2, -0.15) is 11.3 Å². The Morgan fingerprint density at radius 2 is 1.76 bits per heavy atom. The lowest BCUT2D eigenvalue weighted by atomic mass is 9.73. The molecule has 1 aromatic carbocycles. The highest BCUT2D eigenvalue weighted by Crippen LogP contribution is 2.32. The summed E-state index contributed by atoms with van der Waals surface area (Å²) in [5.41, 5.74) is 3.19. The molecule has 0 aliphatic heterocycles. The Kier molecular flexibility index (Phi) is 5.23. The molecule has 1 aromatic heterocycles. The Labute approximate surface area is 133 Å². The molecule has 21 heavy (non-hydrogen) atoms. The molecule has 1 N–H and O–H groups in total. The predicted octanol–water partition coefficient (Wildman–Crippen LogP) is 5.03. The van der Waals surface area contributed by atoms with Gasteiger partial charge in [-0.05, 0) is 61.6 Å². The summed E-state index contributed by atoms with van der Waals surface area (Å²) in [6.45, 7) is 10.0.